The minimum atomic E-state index is -0.386. The maximum absolute atomic E-state index is 15.6. The van der Waals surface area contributed by atoms with Crippen LogP contribution in [0.1, 0.15) is 47.9 Å². The minimum absolute atomic E-state index is 0.237. The second kappa shape index (κ2) is 16.1. The van der Waals surface area contributed by atoms with Gasteiger partial charge in [-0.2, -0.15) is 0 Å². The smallest absolute Gasteiger partial charge is 0.165 e. The van der Waals surface area contributed by atoms with Crippen LogP contribution in [-0.4, -0.2) is 35.7 Å². The third kappa shape index (κ3) is 8.20. The summed E-state index contributed by atoms with van der Waals surface area (Å²) in [5.41, 5.74) is 7.13. The molecule has 1 aliphatic heterocycles. The molecule has 0 amide bonds. The van der Waals surface area contributed by atoms with Crippen molar-refractivity contribution in [2.75, 3.05) is 26.2 Å². The zero-order valence-corrected chi connectivity index (χ0v) is 28.8. The van der Waals surface area contributed by atoms with Crippen molar-refractivity contribution in [3.63, 3.8) is 0 Å². The third-order valence-corrected chi connectivity index (χ3v) is 9.62. The fraction of sp³-hybridized carbons (Fsp3) is 0.273. The molecule has 0 bridgehead atoms. The van der Waals surface area contributed by atoms with E-state index in [2.05, 4.69) is 64.9 Å². The van der Waals surface area contributed by atoms with Gasteiger partial charge in [-0.1, -0.05) is 85.6 Å². The Kier molecular flexibility index (Phi) is 10.8. The Hall–Kier alpha value is -5.07. The lowest BCUT2D eigenvalue weighted by atomic mass is 10.1. The third-order valence-electron chi connectivity index (χ3n) is 9.62. The molecule has 0 spiro atoms. The van der Waals surface area contributed by atoms with Crippen molar-refractivity contribution in [3.8, 4) is 28.5 Å². The van der Waals surface area contributed by atoms with Crippen LogP contribution in [-0.2, 0) is 19.8 Å². The number of ether oxygens (including phenoxy) is 3. The van der Waals surface area contributed by atoms with E-state index in [0.29, 0.717) is 26.4 Å². The van der Waals surface area contributed by atoms with Crippen molar-refractivity contribution in [1.82, 2.24) is 9.47 Å². The summed E-state index contributed by atoms with van der Waals surface area (Å²) in [4.78, 5) is 2.52. The number of aryl methyl sites for hydroxylation is 1. The molecule has 0 saturated carbocycles. The summed E-state index contributed by atoms with van der Waals surface area (Å²) in [6.07, 6.45) is 5.24. The highest BCUT2D eigenvalue weighted by Gasteiger charge is 2.19. The van der Waals surface area contributed by atoms with Gasteiger partial charge in [-0.3, -0.25) is 4.90 Å². The van der Waals surface area contributed by atoms with Crippen LogP contribution in [0, 0.1) is 12.7 Å². The zero-order chi connectivity index (χ0) is 34.1. The van der Waals surface area contributed by atoms with Gasteiger partial charge in [0.1, 0.15) is 31.3 Å². The number of fused-ring (bicyclic) bond motifs is 1. The molecule has 6 heteroatoms. The van der Waals surface area contributed by atoms with Crippen LogP contribution in [0.4, 0.5) is 4.39 Å². The molecule has 50 heavy (non-hydrogen) atoms. The Morgan fingerprint density at radius 3 is 1.96 bits per heavy atom. The normalized spacial score (nSPS) is 13.6. The van der Waals surface area contributed by atoms with Crippen LogP contribution < -0.4 is 14.2 Å². The largest absolute Gasteiger partial charge is 0.492 e. The molecule has 0 atom stereocenters. The Balaban J connectivity index is 1.14. The van der Waals surface area contributed by atoms with Crippen molar-refractivity contribution in [3.05, 3.63) is 149 Å². The van der Waals surface area contributed by atoms with Crippen LogP contribution in [0.3, 0.4) is 0 Å². The van der Waals surface area contributed by atoms with Gasteiger partial charge < -0.3 is 18.8 Å². The molecular formula is C44H45FN2O3. The first kappa shape index (κ1) is 33.4. The van der Waals surface area contributed by atoms with Crippen LogP contribution in [0.5, 0.6) is 17.2 Å². The molecule has 1 aromatic heterocycles. The van der Waals surface area contributed by atoms with Crippen LogP contribution >= 0.6 is 0 Å². The van der Waals surface area contributed by atoms with E-state index in [1.165, 1.54) is 38.8 Å². The molecule has 1 saturated heterocycles. The molecule has 5 aromatic carbocycles. The average Bonchev–Trinajstić information content (AvgIpc) is 3.28. The first-order valence-electron chi connectivity index (χ1n) is 17.8. The average molecular weight is 669 g/mol. The summed E-state index contributed by atoms with van der Waals surface area (Å²) in [5, 5.41) is 1.07. The molecule has 0 N–H and O–H groups in total. The van der Waals surface area contributed by atoms with E-state index in [9.17, 15) is 0 Å². The highest BCUT2D eigenvalue weighted by atomic mass is 19.1. The molecule has 0 radical (unpaired) electrons. The van der Waals surface area contributed by atoms with Gasteiger partial charge in [0.15, 0.2) is 11.6 Å². The second-order valence-corrected chi connectivity index (χ2v) is 13.2. The quantitative estimate of drug-likeness (QED) is 0.123. The van der Waals surface area contributed by atoms with E-state index in [4.69, 9.17) is 14.2 Å². The zero-order valence-electron chi connectivity index (χ0n) is 28.8. The molecule has 6 aromatic rings. The Morgan fingerprint density at radius 2 is 1.28 bits per heavy atom. The lowest BCUT2D eigenvalue weighted by Crippen LogP contribution is -2.29. The summed E-state index contributed by atoms with van der Waals surface area (Å²) in [5.74, 6) is 1.53. The SMILES string of the molecule is Cc1c(-c2ccc(OCc3ccccc3)c(F)c2)n(Cc2ccc(OCCN3CCCCCC3)cc2)c2ccc(OCc3ccccc3)cc12. The number of likely N-dealkylation sites (tertiary alicyclic amines) is 1. The number of aromatic nitrogens is 1. The maximum Gasteiger partial charge on any atom is 0.165 e. The van der Waals surface area contributed by atoms with Crippen LogP contribution in [0.2, 0.25) is 0 Å². The summed E-state index contributed by atoms with van der Waals surface area (Å²) in [6, 6.07) is 39.9. The molecule has 2 heterocycles. The fourth-order valence-electron chi connectivity index (χ4n) is 6.90. The van der Waals surface area contributed by atoms with E-state index in [0.717, 1.165) is 62.5 Å². The molecule has 0 unspecified atom stereocenters. The van der Waals surface area contributed by atoms with E-state index in [-0.39, 0.29) is 11.6 Å². The lowest BCUT2D eigenvalue weighted by molar-refractivity contribution is 0.214. The molecule has 1 aliphatic rings. The molecular weight excluding hydrogens is 623 g/mol. The topological polar surface area (TPSA) is 35.9 Å². The lowest BCUT2D eigenvalue weighted by Gasteiger charge is -2.19. The number of halogens is 1. The van der Waals surface area contributed by atoms with Crippen LogP contribution in [0.25, 0.3) is 22.2 Å². The Morgan fingerprint density at radius 1 is 0.620 bits per heavy atom. The van der Waals surface area contributed by atoms with Gasteiger partial charge in [-0.15, -0.1) is 0 Å². The molecule has 0 aliphatic carbocycles. The molecule has 7 rings (SSSR count). The van der Waals surface area contributed by atoms with Gasteiger partial charge in [-0.05, 0) is 104 Å². The fourth-order valence-corrected chi connectivity index (χ4v) is 6.90. The van der Waals surface area contributed by atoms with Crippen molar-refractivity contribution in [1.29, 1.82) is 0 Å². The van der Waals surface area contributed by atoms with Gasteiger partial charge in [0.05, 0.1) is 5.69 Å². The van der Waals surface area contributed by atoms with E-state index < -0.39 is 0 Å². The van der Waals surface area contributed by atoms with Gasteiger partial charge in [0.2, 0.25) is 0 Å². The first-order chi connectivity index (χ1) is 24.6. The minimum Gasteiger partial charge on any atom is -0.492 e. The highest BCUT2D eigenvalue weighted by Crippen LogP contribution is 2.37. The van der Waals surface area contributed by atoms with E-state index in [1.807, 2.05) is 60.7 Å². The number of hydrogen-bond acceptors (Lipinski definition) is 4. The summed E-state index contributed by atoms with van der Waals surface area (Å²) >= 11 is 0. The van der Waals surface area contributed by atoms with Gasteiger partial charge in [0, 0.05) is 29.6 Å². The highest BCUT2D eigenvalue weighted by molar-refractivity contribution is 5.92. The standard InChI is InChI=1S/C44H45FN2O3/c1-33-40-29-39(49-31-35-12-6-4-7-13-35)21-22-42(40)47(30-34-16-19-38(20-17-34)48-27-26-46-24-10-2-3-11-25-46)44(33)37-18-23-43(41(45)28-37)50-32-36-14-8-5-9-15-36/h4-9,12-23,28-29H,2-3,10-11,24-27,30-32H2,1H3. The monoisotopic (exact) mass is 668 g/mol. The van der Waals surface area contributed by atoms with Crippen molar-refractivity contribution in [2.45, 2.75) is 52.4 Å². The first-order valence-corrected chi connectivity index (χ1v) is 17.8. The van der Waals surface area contributed by atoms with Crippen molar-refractivity contribution < 1.29 is 18.6 Å². The van der Waals surface area contributed by atoms with E-state index in [1.54, 1.807) is 12.1 Å². The summed E-state index contributed by atoms with van der Waals surface area (Å²) in [7, 11) is 0. The molecule has 5 nitrogen and oxygen atoms in total. The summed E-state index contributed by atoms with van der Waals surface area (Å²) < 4.78 is 36.1. The predicted octanol–water partition coefficient (Wildman–Crippen LogP) is 10.2. The van der Waals surface area contributed by atoms with Crippen molar-refractivity contribution >= 4 is 10.9 Å². The van der Waals surface area contributed by atoms with E-state index >= 15 is 4.39 Å². The number of rotatable bonds is 13. The number of nitrogens with zero attached hydrogens (tertiary/aromatic N) is 2. The van der Waals surface area contributed by atoms with Crippen LogP contribution in [0.15, 0.2) is 121 Å². The predicted molar refractivity (Wildman–Crippen MR) is 200 cm³/mol. The molecule has 1 fully saturated rings. The Bertz CT molecular complexity index is 1980. The number of benzene rings is 5. The van der Waals surface area contributed by atoms with Crippen molar-refractivity contribution in [2.24, 2.45) is 0 Å². The number of hydrogen-bond donors (Lipinski definition) is 0. The summed E-state index contributed by atoms with van der Waals surface area (Å²) in [6.45, 7) is 7.51. The van der Waals surface area contributed by atoms with Gasteiger partial charge >= 0.3 is 0 Å². The maximum atomic E-state index is 15.6. The Labute approximate surface area is 294 Å². The van der Waals surface area contributed by atoms with Gasteiger partial charge in [-0.25, -0.2) is 4.39 Å². The van der Waals surface area contributed by atoms with Gasteiger partial charge in [0.25, 0.3) is 0 Å². The second-order valence-electron chi connectivity index (χ2n) is 13.2. The molecule has 256 valence electrons.